The summed E-state index contributed by atoms with van der Waals surface area (Å²) in [5.41, 5.74) is 7.88. The van der Waals surface area contributed by atoms with Crippen molar-refractivity contribution in [3.05, 3.63) is 29.8 Å². The quantitative estimate of drug-likeness (QED) is 0.828. The van der Waals surface area contributed by atoms with E-state index >= 15 is 0 Å². The van der Waals surface area contributed by atoms with Crippen LogP contribution in [0.15, 0.2) is 24.3 Å². The summed E-state index contributed by atoms with van der Waals surface area (Å²) in [6.45, 7) is 6.65. The van der Waals surface area contributed by atoms with Gasteiger partial charge in [0.15, 0.2) is 0 Å². The fourth-order valence-corrected chi connectivity index (χ4v) is 2.46. The van der Waals surface area contributed by atoms with Gasteiger partial charge in [-0.15, -0.1) is 0 Å². The number of nitrogens with two attached hydrogens (primary N) is 1. The van der Waals surface area contributed by atoms with Crippen molar-refractivity contribution in [2.75, 3.05) is 24.5 Å². The molecule has 1 aromatic carbocycles. The molecule has 4 nitrogen and oxygen atoms in total. The Balaban J connectivity index is 2.08. The van der Waals surface area contributed by atoms with Crippen molar-refractivity contribution < 1.29 is 4.79 Å². The Morgan fingerprint density at radius 1 is 1.20 bits per heavy atom. The molecular weight excluding hydrogens is 250 g/mol. The minimum atomic E-state index is 0.213. The Hall–Kier alpha value is -1.55. The Kier molecular flexibility index (Phi) is 5.01. The molecule has 1 amide bonds. The van der Waals surface area contributed by atoms with Crippen LogP contribution in [0.5, 0.6) is 0 Å². The Bertz CT molecular complexity index is 436. The van der Waals surface area contributed by atoms with Gasteiger partial charge in [-0.05, 0) is 44.4 Å². The minimum Gasteiger partial charge on any atom is -0.359 e. The van der Waals surface area contributed by atoms with Crippen molar-refractivity contribution >= 4 is 11.6 Å². The summed E-state index contributed by atoms with van der Waals surface area (Å²) in [7, 11) is 0. The highest BCUT2D eigenvalue weighted by Gasteiger charge is 2.31. The summed E-state index contributed by atoms with van der Waals surface area (Å²) in [6.07, 6.45) is 2.37. The van der Waals surface area contributed by atoms with Crippen LogP contribution in [0.3, 0.4) is 0 Å². The second-order valence-electron chi connectivity index (χ2n) is 5.30. The molecule has 0 bridgehead atoms. The summed E-state index contributed by atoms with van der Waals surface area (Å²) in [4.78, 5) is 16.4. The first-order valence-electron chi connectivity index (χ1n) is 7.53. The molecule has 1 aliphatic carbocycles. The smallest absolute Gasteiger partial charge is 0.242 e. The van der Waals surface area contributed by atoms with Gasteiger partial charge in [-0.25, -0.2) is 0 Å². The van der Waals surface area contributed by atoms with E-state index in [0.717, 1.165) is 24.3 Å². The number of carbonyl (C=O) groups is 1. The number of nitrogens with zero attached hydrogens (tertiary/aromatic N) is 2. The van der Waals surface area contributed by atoms with Crippen molar-refractivity contribution in [2.24, 2.45) is 5.73 Å². The third-order valence-electron chi connectivity index (χ3n) is 3.91. The van der Waals surface area contributed by atoms with Crippen molar-refractivity contribution in [3.63, 3.8) is 0 Å². The van der Waals surface area contributed by atoms with Crippen molar-refractivity contribution in [2.45, 2.75) is 39.3 Å². The lowest BCUT2D eigenvalue weighted by Gasteiger charge is -2.28. The lowest BCUT2D eigenvalue weighted by molar-refractivity contribution is -0.129. The maximum atomic E-state index is 12.3. The first-order chi connectivity index (χ1) is 9.69. The molecule has 0 unspecified atom stereocenters. The van der Waals surface area contributed by atoms with Crippen LogP contribution >= 0.6 is 0 Å². The van der Waals surface area contributed by atoms with E-state index in [2.05, 4.69) is 17.0 Å². The number of rotatable bonds is 7. The largest absolute Gasteiger partial charge is 0.359 e. The highest BCUT2D eigenvalue weighted by molar-refractivity contribution is 5.81. The van der Waals surface area contributed by atoms with Gasteiger partial charge in [0, 0.05) is 31.4 Å². The van der Waals surface area contributed by atoms with Gasteiger partial charge in [0.05, 0.1) is 6.54 Å². The van der Waals surface area contributed by atoms with Gasteiger partial charge in [0.25, 0.3) is 0 Å². The zero-order chi connectivity index (χ0) is 14.5. The number of amides is 1. The second kappa shape index (κ2) is 6.75. The zero-order valence-electron chi connectivity index (χ0n) is 12.5. The van der Waals surface area contributed by atoms with E-state index in [9.17, 15) is 4.79 Å². The highest BCUT2D eigenvalue weighted by Crippen LogP contribution is 2.31. The first-order valence-corrected chi connectivity index (χ1v) is 7.53. The SMILES string of the molecule is CCN(CC)C(=O)CN(c1ccc(CN)cc1)C1CC1. The summed E-state index contributed by atoms with van der Waals surface area (Å²) in [5.74, 6) is 0.213. The molecule has 1 fully saturated rings. The molecule has 20 heavy (non-hydrogen) atoms. The van der Waals surface area contributed by atoms with E-state index in [0.29, 0.717) is 19.1 Å². The van der Waals surface area contributed by atoms with Gasteiger partial charge in [-0.3, -0.25) is 4.79 Å². The Morgan fingerprint density at radius 3 is 2.25 bits per heavy atom. The molecule has 2 rings (SSSR count). The monoisotopic (exact) mass is 275 g/mol. The summed E-state index contributed by atoms with van der Waals surface area (Å²) in [5, 5.41) is 0. The second-order valence-corrected chi connectivity index (χ2v) is 5.30. The molecule has 0 saturated heterocycles. The third-order valence-corrected chi connectivity index (χ3v) is 3.91. The molecule has 0 spiro atoms. The van der Waals surface area contributed by atoms with Crippen LogP contribution in [0.25, 0.3) is 0 Å². The normalized spacial score (nSPS) is 14.2. The standard InChI is InChI=1S/C16H25N3O/c1-3-18(4-2)16(20)12-19(15-9-10-15)14-7-5-13(11-17)6-8-14/h5-8,15H,3-4,9-12,17H2,1-2H3. The summed E-state index contributed by atoms with van der Waals surface area (Å²) >= 11 is 0. The van der Waals surface area contributed by atoms with E-state index in [-0.39, 0.29) is 5.91 Å². The van der Waals surface area contributed by atoms with Crippen LogP contribution in [0.2, 0.25) is 0 Å². The van der Waals surface area contributed by atoms with Crippen LogP contribution in [0.1, 0.15) is 32.3 Å². The maximum Gasteiger partial charge on any atom is 0.242 e. The molecule has 0 aromatic heterocycles. The molecule has 0 heterocycles. The molecule has 0 aliphatic heterocycles. The predicted octanol–water partition coefficient (Wildman–Crippen LogP) is 1.98. The molecule has 0 radical (unpaired) electrons. The number of likely N-dealkylation sites (N-methyl/N-ethyl adjacent to an activating group) is 1. The van der Waals surface area contributed by atoms with E-state index in [1.165, 1.54) is 12.8 Å². The number of hydrogen-bond donors (Lipinski definition) is 1. The van der Waals surface area contributed by atoms with Crippen LogP contribution in [0.4, 0.5) is 5.69 Å². The molecule has 4 heteroatoms. The van der Waals surface area contributed by atoms with Crippen molar-refractivity contribution in [3.8, 4) is 0 Å². The van der Waals surface area contributed by atoms with Crippen LogP contribution in [0, 0.1) is 0 Å². The van der Waals surface area contributed by atoms with E-state index in [1.54, 1.807) is 0 Å². The van der Waals surface area contributed by atoms with E-state index < -0.39 is 0 Å². The van der Waals surface area contributed by atoms with Gasteiger partial charge >= 0.3 is 0 Å². The molecule has 2 N–H and O–H groups in total. The molecule has 1 aromatic rings. The summed E-state index contributed by atoms with van der Waals surface area (Å²) in [6, 6.07) is 8.78. The molecule has 1 aliphatic rings. The lowest BCUT2D eigenvalue weighted by atomic mass is 10.2. The average Bonchev–Trinajstić information content (AvgIpc) is 3.31. The highest BCUT2D eigenvalue weighted by atomic mass is 16.2. The van der Waals surface area contributed by atoms with Crippen molar-refractivity contribution in [1.82, 2.24) is 4.90 Å². The number of benzene rings is 1. The van der Waals surface area contributed by atoms with Gasteiger partial charge in [-0.1, -0.05) is 12.1 Å². The van der Waals surface area contributed by atoms with Crippen LogP contribution < -0.4 is 10.6 Å². The topological polar surface area (TPSA) is 49.6 Å². The Morgan fingerprint density at radius 2 is 1.80 bits per heavy atom. The lowest BCUT2D eigenvalue weighted by Crippen LogP contribution is -2.41. The van der Waals surface area contributed by atoms with E-state index in [4.69, 9.17) is 5.73 Å². The van der Waals surface area contributed by atoms with E-state index in [1.807, 2.05) is 30.9 Å². The van der Waals surface area contributed by atoms with Crippen LogP contribution in [-0.2, 0) is 11.3 Å². The molecule has 0 atom stereocenters. The molecule has 110 valence electrons. The molecular formula is C16H25N3O. The van der Waals surface area contributed by atoms with Gasteiger partial charge in [0.2, 0.25) is 5.91 Å². The molecule has 1 saturated carbocycles. The predicted molar refractivity (Wildman–Crippen MR) is 82.6 cm³/mol. The fourth-order valence-electron chi connectivity index (χ4n) is 2.46. The number of carbonyl (C=O) groups excluding carboxylic acids is 1. The van der Waals surface area contributed by atoms with Gasteiger partial charge in [-0.2, -0.15) is 0 Å². The van der Waals surface area contributed by atoms with Crippen molar-refractivity contribution in [1.29, 1.82) is 0 Å². The number of anilines is 1. The Labute approximate surface area is 121 Å². The van der Waals surface area contributed by atoms with Crippen LogP contribution in [-0.4, -0.2) is 36.5 Å². The van der Waals surface area contributed by atoms with Gasteiger partial charge in [0.1, 0.15) is 0 Å². The number of hydrogen-bond acceptors (Lipinski definition) is 3. The first kappa shape index (κ1) is 14.9. The summed E-state index contributed by atoms with van der Waals surface area (Å²) < 4.78 is 0. The maximum absolute atomic E-state index is 12.3. The van der Waals surface area contributed by atoms with Gasteiger partial charge < -0.3 is 15.5 Å². The fraction of sp³-hybridized carbons (Fsp3) is 0.562. The third kappa shape index (κ3) is 3.51. The zero-order valence-corrected chi connectivity index (χ0v) is 12.5. The minimum absolute atomic E-state index is 0.213. The average molecular weight is 275 g/mol.